The minimum atomic E-state index is -2.84. The van der Waals surface area contributed by atoms with Gasteiger partial charge in [0.05, 0.1) is 19.4 Å². The van der Waals surface area contributed by atoms with Gasteiger partial charge in [-0.2, -0.15) is 0 Å². The van der Waals surface area contributed by atoms with Gasteiger partial charge in [0.15, 0.2) is 0 Å². The van der Waals surface area contributed by atoms with Gasteiger partial charge in [0.25, 0.3) is 0 Å². The second-order valence-electron chi connectivity index (χ2n) is 4.17. The van der Waals surface area contributed by atoms with E-state index in [1.54, 1.807) is 0 Å². The Labute approximate surface area is 81.3 Å². The van der Waals surface area contributed by atoms with Crippen LogP contribution in [0.15, 0.2) is 0 Å². The Balaban J connectivity index is 4.33. The number of hydrogen-bond acceptors (Lipinski definition) is 3. The molecule has 80 valence electrons. The quantitative estimate of drug-likeness (QED) is 0.650. The highest BCUT2D eigenvalue weighted by atomic mass is 31.2. The Morgan fingerprint density at radius 2 is 1.46 bits per heavy atom. The van der Waals surface area contributed by atoms with E-state index in [0.717, 1.165) is 0 Å². The Morgan fingerprint density at radius 1 is 1.08 bits per heavy atom. The summed E-state index contributed by atoms with van der Waals surface area (Å²) in [4.78, 5) is 0. The molecule has 0 bridgehead atoms. The third-order valence-electron chi connectivity index (χ3n) is 1.32. The molecule has 0 spiro atoms. The lowest BCUT2D eigenvalue weighted by Gasteiger charge is -2.24. The van der Waals surface area contributed by atoms with Gasteiger partial charge in [-0.05, 0) is 19.3 Å². The van der Waals surface area contributed by atoms with Gasteiger partial charge in [0, 0.05) is 0 Å². The van der Waals surface area contributed by atoms with E-state index in [1.165, 1.54) is 0 Å². The maximum Gasteiger partial charge on any atom is 0.331 e. The number of rotatable bonds is 5. The summed E-state index contributed by atoms with van der Waals surface area (Å²) in [5.74, 6) is 0. The third-order valence-corrected chi connectivity index (χ3v) is 3.96. The first kappa shape index (κ1) is 13.2. The van der Waals surface area contributed by atoms with E-state index in [2.05, 4.69) is 0 Å². The standard InChI is InChI=1S/C9H21O3P/c1-6-11-13(10,12-7-2)8-9(3,4)5/h6-8H2,1-5H3. The molecular formula is C9H21O3P. The minimum absolute atomic E-state index is 0.0279. The van der Waals surface area contributed by atoms with Crippen LogP contribution in [0.4, 0.5) is 0 Å². The molecule has 0 heterocycles. The smallest absolute Gasteiger partial charge is 0.309 e. The first-order valence-electron chi connectivity index (χ1n) is 4.71. The Kier molecular flexibility index (Phi) is 5.19. The molecule has 0 unspecified atom stereocenters. The molecule has 0 radical (unpaired) electrons. The van der Waals surface area contributed by atoms with E-state index in [9.17, 15) is 4.57 Å². The van der Waals surface area contributed by atoms with Gasteiger partial charge in [-0.15, -0.1) is 0 Å². The van der Waals surface area contributed by atoms with Crippen LogP contribution in [0.2, 0.25) is 0 Å². The molecule has 0 aromatic heterocycles. The van der Waals surface area contributed by atoms with Crippen LogP contribution in [-0.4, -0.2) is 19.4 Å². The van der Waals surface area contributed by atoms with E-state index >= 15 is 0 Å². The summed E-state index contributed by atoms with van der Waals surface area (Å²) < 4.78 is 22.3. The molecule has 0 rings (SSSR count). The van der Waals surface area contributed by atoms with Crippen molar-refractivity contribution in [1.82, 2.24) is 0 Å². The lowest BCUT2D eigenvalue weighted by Crippen LogP contribution is -2.14. The number of hydrogen-bond donors (Lipinski definition) is 0. The van der Waals surface area contributed by atoms with E-state index in [-0.39, 0.29) is 5.41 Å². The molecule has 0 atom stereocenters. The average Bonchev–Trinajstić information content (AvgIpc) is 1.82. The van der Waals surface area contributed by atoms with Crippen LogP contribution in [0.5, 0.6) is 0 Å². The molecule has 3 nitrogen and oxygen atoms in total. The molecule has 0 saturated carbocycles. The molecular weight excluding hydrogens is 187 g/mol. The molecule has 0 N–H and O–H groups in total. The molecule has 0 amide bonds. The van der Waals surface area contributed by atoms with E-state index in [0.29, 0.717) is 19.4 Å². The van der Waals surface area contributed by atoms with Crippen molar-refractivity contribution >= 4 is 7.60 Å². The van der Waals surface area contributed by atoms with Gasteiger partial charge in [0.2, 0.25) is 0 Å². The molecule has 0 aliphatic carbocycles. The Hall–Kier alpha value is 0.150. The summed E-state index contributed by atoms with van der Waals surface area (Å²) in [5, 5.41) is 0. The van der Waals surface area contributed by atoms with Crippen LogP contribution in [0.3, 0.4) is 0 Å². The second kappa shape index (κ2) is 5.14. The van der Waals surface area contributed by atoms with Crippen molar-refractivity contribution in [2.45, 2.75) is 34.6 Å². The van der Waals surface area contributed by atoms with Crippen molar-refractivity contribution in [1.29, 1.82) is 0 Å². The predicted octanol–water partition coefficient (Wildman–Crippen LogP) is 3.30. The lowest BCUT2D eigenvalue weighted by atomic mass is 10.0. The first-order valence-corrected chi connectivity index (χ1v) is 6.44. The zero-order valence-corrected chi connectivity index (χ0v) is 10.2. The summed E-state index contributed by atoms with van der Waals surface area (Å²) >= 11 is 0. The minimum Gasteiger partial charge on any atom is -0.309 e. The Morgan fingerprint density at radius 3 is 1.69 bits per heavy atom. The molecule has 0 saturated heterocycles. The maximum atomic E-state index is 12.0. The van der Waals surface area contributed by atoms with Gasteiger partial charge in [-0.25, -0.2) is 0 Å². The summed E-state index contributed by atoms with van der Waals surface area (Å²) in [6, 6.07) is 0. The molecule has 0 aliphatic heterocycles. The maximum absolute atomic E-state index is 12.0. The fourth-order valence-corrected chi connectivity index (χ4v) is 3.31. The zero-order valence-electron chi connectivity index (χ0n) is 9.29. The lowest BCUT2D eigenvalue weighted by molar-refractivity contribution is 0.211. The highest BCUT2D eigenvalue weighted by molar-refractivity contribution is 7.53. The highest BCUT2D eigenvalue weighted by Gasteiger charge is 2.30. The topological polar surface area (TPSA) is 35.5 Å². The average molecular weight is 208 g/mol. The molecule has 4 heteroatoms. The second-order valence-corrected chi connectivity index (χ2v) is 6.22. The van der Waals surface area contributed by atoms with Crippen LogP contribution >= 0.6 is 7.60 Å². The Bertz CT molecular complexity index is 174. The van der Waals surface area contributed by atoms with Crippen LogP contribution in [0.25, 0.3) is 0 Å². The van der Waals surface area contributed by atoms with E-state index in [1.807, 2.05) is 34.6 Å². The van der Waals surface area contributed by atoms with Gasteiger partial charge < -0.3 is 9.05 Å². The summed E-state index contributed by atoms with van der Waals surface area (Å²) in [5.41, 5.74) is -0.0279. The summed E-state index contributed by atoms with van der Waals surface area (Å²) in [7, 11) is -2.84. The van der Waals surface area contributed by atoms with Crippen LogP contribution < -0.4 is 0 Å². The van der Waals surface area contributed by atoms with Crippen molar-refractivity contribution in [2.24, 2.45) is 5.41 Å². The molecule has 0 aromatic carbocycles. The largest absolute Gasteiger partial charge is 0.331 e. The fourth-order valence-electron chi connectivity index (χ4n) is 1.10. The van der Waals surface area contributed by atoms with Crippen molar-refractivity contribution in [3.05, 3.63) is 0 Å². The van der Waals surface area contributed by atoms with Crippen LogP contribution in [0.1, 0.15) is 34.6 Å². The summed E-state index contributed by atoms with van der Waals surface area (Å²) in [6.45, 7) is 10.6. The molecule has 13 heavy (non-hydrogen) atoms. The third kappa shape index (κ3) is 6.25. The highest BCUT2D eigenvalue weighted by Crippen LogP contribution is 2.51. The zero-order chi connectivity index (χ0) is 10.5. The monoisotopic (exact) mass is 208 g/mol. The predicted molar refractivity (Wildman–Crippen MR) is 55.2 cm³/mol. The molecule has 0 fully saturated rings. The summed E-state index contributed by atoms with van der Waals surface area (Å²) in [6.07, 6.45) is 0.474. The van der Waals surface area contributed by atoms with E-state index in [4.69, 9.17) is 9.05 Å². The first-order chi connectivity index (χ1) is 5.83. The van der Waals surface area contributed by atoms with Crippen LogP contribution in [0, 0.1) is 5.41 Å². The van der Waals surface area contributed by atoms with Crippen molar-refractivity contribution in [3.63, 3.8) is 0 Å². The fraction of sp³-hybridized carbons (Fsp3) is 1.00. The van der Waals surface area contributed by atoms with Crippen molar-refractivity contribution in [2.75, 3.05) is 19.4 Å². The van der Waals surface area contributed by atoms with Gasteiger partial charge in [-0.3, -0.25) is 4.57 Å². The SMILES string of the molecule is CCOP(=O)(CC(C)(C)C)OCC. The van der Waals surface area contributed by atoms with Crippen LogP contribution in [-0.2, 0) is 13.6 Å². The van der Waals surface area contributed by atoms with Gasteiger partial charge in [0.1, 0.15) is 0 Å². The van der Waals surface area contributed by atoms with E-state index < -0.39 is 7.60 Å². The van der Waals surface area contributed by atoms with Crippen molar-refractivity contribution < 1.29 is 13.6 Å². The van der Waals surface area contributed by atoms with Gasteiger partial charge >= 0.3 is 7.60 Å². The van der Waals surface area contributed by atoms with Gasteiger partial charge in [-0.1, -0.05) is 20.8 Å². The molecule has 0 aliphatic rings. The molecule has 0 aromatic rings. The normalized spacial score (nSPS) is 13.3. The van der Waals surface area contributed by atoms with Crippen molar-refractivity contribution in [3.8, 4) is 0 Å².